The lowest BCUT2D eigenvalue weighted by Crippen LogP contribution is -2.40. The maximum atomic E-state index is 12.3. The summed E-state index contributed by atoms with van der Waals surface area (Å²) in [6.07, 6.45) is 1.26. The van der Waals surface area contributed by atoms with E-state index in [1.807, 2.05) is 22.6 Å². The van der Waals surface area contributed by atoms with Crippen molar-refractivity contribution >= 4 is 57.4 Å². The molecule has 1 heterocycles. The number of halogens is 1. The number of rotatable bonds is 5. The van der Waals surface area contributed by atoms with Crippen LogP contribution in [0.2, 0.25) is 0 Å². The fraction of sp³-hybridized carbons (Fsp3) is 0.211. The zero-order valence-electron chi connectivity index (χ0n) is 14.4. The van der Waals surface area contributed by atoms with Gasteiger partial charge in [-0.25, -0.2) is 0 Å². The molecule has 1 saturated heterocycles. The lowest BCUT2D eigenvalue weighted by molar-refractivity contribution is -0.212. The minimum Gasteiger partial charge on any atom is -0.858 e. The quantitative estimate of drug-likeness (QED) is 0.172. The third-order valence-corrected chi connectivity index (χ3v) is 5.40. The van der Waals surface area contributed by atoms with Crippen LogP contribution < -0.4 is 16.2 Å². The van der Waals surface area contributed by atoms with Gasteiger partial charge in [0.1, 0.15) is 0 Å². The highest BCUT2D eigenvalue weighted by Crippen LogP contribution is 2.22. The van der Waals surface area contributed by atoms with Crippen molar-refractivity contribution in [3.8, 4) is 0 Å². The number of aliphatic imine (C=N–C) groups is 1. The van der Waals surface area contributed by atoms with Crippen molar-refractivity contribution in [1.29, 1.82) is 0 Å². The predicted molar refractivity (Wildman–Crippen MR) is 111 cm³/mol. The number of benzene rings is 2. The van der Waals surface area contributed by atoms with E-state index in [0.29, 0.717) is 35.6 Å². The number of likely N-dealkylation sites (tertiary alicyclic amines) is 1. The topological polar surface area (TPSA) is 111 Å². The summed E-state index contributed by atoms with van der Waals surface area (Å²) in [5.74, 6) is -0.695. The maximum absolute atomic E-state index is 12.3. The molecule has 2 aromatic carbocycles. The first-order valence-electron chi connectivity index (χ1n) is 8.41. The van der Waals surface area contributed by atoms with E-state index in [4.69, 9.17) is 5.73 Å². The Hall–Kier alpha value is -2.62. The number of amides is 2. The number of hydrogen-bond donors (Lipinski definition) is 2. The molecule has 2 amide bonds. The summed E-state index contributed by atoms with van der Waals surface area (Å²) >= 11 is 1.96. The lowest BCUT2D eigenvalue weighted by Gasteiger charge is -2.21. The molecule has 0 bridgehead atoms. The molecule has 1 aliphatic heterocycles. The van der Waals surface area contributed by atoms with Gasteiger partial charge in [0.05, 0.1) is 11.4 Å². The number of hydrogen-bond acceptors (Lipinski definition) is 5. The van der Waals surface area contributed by atoms with Crippen LogP contribution in [0, 0.1) is 0 Å². The Morgan fingerprint density at radius 1 is 1.22 bits per heavy atom. The number of carbonyl (C=O) groups is 2. The van der Waals surface area contributed by atoms with Gasteiger partial charge in [0.15, 0.2) is 4.05 Å². The van der Waals surface area contributed by atoms with Crippen molar-refractivity contribution in [2.75, 3.05) is 17.6 Å². The van der Waals surface area contributed by atoms with Crippen LogP contribution in [-0.2, 0) is 9.59 Å². The monoisotopic (exact) mass is 477 g/mol. The summed E-state index contributed by atoms with van der Waals surface area (Å²) in [6.45, 7) is 0.595. The molecule has 3 rings (SSSR count). The molecule has 140 valence electrons. The van der Waals surface area contributed by atoms with E-state index in [1.165, 1.54) is 0 Å². The molecule has 27 heavy (non-hydrogen) atoms. The maximum Gasteiger partial charge on any atom is 0.257 e. The molecule has 1 atom stereocenters. The first-order chi connectivity index (χ1) is 13.0. The van der Waals surface area contributed by atoms with Crippen molar-refractivity contribution in [2.45, 2.75) is 16.9 Å². The number of nitrogens with two attached hydrogens (primary N) is 1. The van der Waals surface area contributed by atoms with Gasteiger partial charge in [0, 0.05) is 18.7 Å². The van der Waals surface area contributed by atoms with E-state index in [1.54, 1.807) is 53.4 Å². The van der Waals surface area contributed by atoms with Crippen LogP contribution in [0.25, 0.3) is 0 Å². The fourth-order valence-electron chi connectivity index (χ4n) is 2.71. The predicted octanol–water partition coefficient (Wildman–Crippen LogP) is 2.03. The van der Waals surface area contributed by atoms with Gasteiger partial charge in [-0.15, -0.1) is 0 Å². The van der Waals surface area contributed by atoms with E-state index in [0.717, 1.165) is 6.42 Å². The zero-order chi connectivity index (χ0) is 19.4. The van der Waals surface area contributed by atoms with Crippen molar-refractivity contribution in [1.82, 2.24) is 4.90 Å². The number of carbonyl (C=O) groups excluding carboxylic acids is 2. The summed E-state index contributed by atoms with van der Waals surface area (Å²) in [5, 5.41) is 15.0. The number of alkyl halides is 1. The summed E-state index contributed by atoms with van der Waals surface area (Å²) in [5.41, 5.74) is 7.57. The Morgan fingerprint density at radius 2 is 1.93 bits per heavy atom. The lowest BCUT2D eigenvalue weighted by atomic mass is 10.2. The molecule has 0 radical (unpaired) electrons. The summed E-state index contributed by atoms with van der Waals surface area (Å²) < 4.78 is -0.560. The first kappa shape index (κ1) is 19.2. The minimum absolute atomic E-state index is 0.00714. The van der Waals surface area contributed by atoms with Gasteiger partial charge in [-0.3, -0.25) is 14.6 Å². The Balaban J connectivity index is 1.67. The molecule has 0 saturated carbocycles. The second-order valence-electron chi connectivity index (χ2n) is 6.07. The molecule has 7 nitrogen and oxygen atoms in total. The van der Waals surface area contributed by atoms with Crippen molar-refractivity contribution < 1.29 is 14.7 Å². The molecule has 8 heteroatoms. The standard InChI is InChI=1S/C19H19IN4O3/c20-17(24-11-3-6-16(24)25)19(27)22-13-9-7-12(8-10-13)18(26)23-15-5-2-1-4-14(15)21/h1-2,4-5,7-10,17H,3,6,11,21H2,(H,22,27)(H,23,26)/p-1. The number of para-hydroxylation sites is 2. The normalized spacial score (nSPS) is 15.7. The smallest absolute Gasteiger partial charge is 0.257 e. The Kier molecular flexibility index (Phi) is 5.94. The average Bonchev–Trinajstić information content (AvgIpc) is 3.09. The number of nitrogens with zero attached hydrogens (tertiary/aromatic N) is 2. The third kappa shape index (κ3) is 4.57. The SMILES string of the molecule is Nc1ccccc1N=C([O-])c1ccc(NC(=O)C(I)N2CCCC2=O)cc1. The fourth-order valence-corrected chi connectivity index (χ4v) is 3.46. The van der Waals surface area contributed by atoms with Gasteiger partial charge in [0.25, 0.3) is 5.91 Å². The van der Waals surface area contributed by atoms with Gasteiger partial charge >= 0.3 is 0 Å². The molecule has 0 aliphatic carbocycles. The third-order valence-electron chi connectivity index (χ3n) is 4.16. The molecule has 0 spiro atoms. The molecular weight excluding hydrogens is 459 g/mol. The van der Waals surface area contributed by atoms with E-state index in [2.05, 4.69) is 10.3 Å². The first-order valence-corrected chi connectivity index (χ1v) is 9.65. The zero-order valence-corrected chi connectivity index (χ0v) is 16.5. The summed E-state index contributed by atoms with van der Waals surface area (Å²) in [4.78, 5) is 29.7. The molecule has 1 fully saturated rings. The van der Waals surface area contributed by atoms with Crippen molar-refractivity contribution in [3.63, 3.8) is 0 Å². The number of nitrogens with one attached hydrogen (secondary N) is 1. The highest BCUT2D eigenvalue weighted by atomic mass is 127. The van der Waals surface area contributed by atoms with Crippen LogP contribution in [0.3, 0.4) is 0 Å². The molecule has 0 aromatic heterocycles. The van der Waals surface area contributed by atoms with Gasteiger partial charge in [-0.2, -0.15) is 0 Å². The summed E-state index contributed by atoms with van der Waals surface area (Å²) in [6, 6.07) is 13.3. The van der Waals surface area contributed by atoms with Crippen LogP contribution in [0.15, 0.2) is 53.5 Å². The van der Waals surface area contributed by atoms with Crippen LogP contribution in [0.4, 0.5) is 17.1 Å². The average molecular weight is 477 g/mol. The van der Waals surface area contributed by atoms with E-state index < -0.39 is 9.95 Å². The van der Waals surface area contributed by atoms with Gasteiger partial charge in [0.2, 0.25) is 5.91 Å². The van der Waals surface area contributed by atoms with Crippen LogP contribution >= 0.6 is 22.6 Å². The van der Waals surface area contributed by atoms with E-state index >= 15 is 0 Å². The molecule has 3 N–H and O–H groups in total. The highest BCUT2D eigenvalue weighted by molar-refractivity contribution is 14.1. The van der Waals surface area contributed by atoms with Gasteiger partial charge in [-0.05, 0) is 64.7 Å². The molecule has 1 unspecified atom stereocenters. The number of nitrogen functional groups attached to an aromatic ring is 1. The van der Waals surface area contributed by atoms with Crippen molar-refractivity contribution in [3.05, 3.63) is 54.1 Å². The Labute approximate surface area is 170 Å². The number of anilines is 2. The van der Waals surface area contributed by atoms with Gasteiger partial charge < -0.3 is 21.1 Å². The molecule has 1 aliphatic rings. The van der Waals surface area contributed by atoms with E-state index in [-0.39, 0.29) is 11.8 Å². The molecule has 2 aromatic rings. The highest BCUT2D eigenvalue weighted by Gasteiger charge is 2.30. The van der Waals surface area contributed by atoms with Crippen LogP contribution in [-0.4, -0.2) is 33.2 Å². The minimum atomic E-state index is -0.560. The second kappa shape index (κ2) is 8.38. The van der Waals surface area contributed by atoms with Crippen LogP contribution in [0.1, 0.15) is 18.4 Å². The molecular formula is C19H18IN4O3-. The van der Waals surface area contributed by atoms with Gasteiger partial charge in [-0.1, -0.05) is 24.3 Å². The van der Waals surface area contributed by atoms with Crippen molar-refractivity contribution in [2.24, 2.45) is 4.99 Å². The largest absolute Gasteiger partial charge is 0.858 e. The van der Waals surface area contributed by atoms with E-state index in [9.17, 15) is 14.7 Å². The Morgan fingerprint density at radius 3 is 2.56 bits per heavy atom. The Bertz CT molecular complexity index is 883. The van der Waals surface area contributed by atoms with Crippen LogP contribution in [0.5, 0.6) is 0 Å². The second-order valence-corrected chi connectivity index (χ2v) is 7.25. The summed E-state index contributed by atoms with van der Waals surface area (Å²) in [7, 11) is 0.